The van der Waals surface area contributed by atoms with Gasteiger partial charge in [0.15, 0.2) is 0 Å². The van der Waals surface area contributed by atoms with Gasteiger partial charge in [0.05, 0.1) is 0 Å². The molecule has 1 unspecified atom stereocenters. The first-order chi connectivity index (χ1) is 6.66. The van der Waals surface area contributed by atoms with E-state index in [9.17, 15) is 0 Å². The minimum atomic E-state index is 0.512. The van der Waals surface area contributed by atoms with Crippen molar-refractivity contribution in [2.24, 2.45) is 11.7 Å². The third kappa shape index (κ3) is 2.94. The lowest BCUT2D eigenvalue weighted by atomic mass is 9.98. The van der Waals surface area contributed by atoms with Gasteiger partial charge in [-0.15, -0.1) is 0 Å². The third-order valence-corrected chi connectivity index (χ3v) is 3.30. The minimum Gasteiger partial charge on any atom is -0.381 e. The Bertz CT molecular complexity index is 155. The molecule has 0 aliphatic carbocycles. The molecule has 1 aliphatic heterocycles. The molecule has 1 aliphatic rings. The lowest BCUT2D eigenvalue weighted by Gasteiger charge is -2.38. The second-order valence-electron chi connectivity index (χ2n) is 4.56. The van der Waals surface area contributed by atoms with Crippen molar-refractivity contribution < 1.29 is 4.74 Å². The summed E-state index contributed by atoms with van der Waals surface area (Å²) in [6.07, 6.45) is 2.31. The number of likely N-dealkylation sites (N-methyl/N-ethyl adjacent to an activating group) is 1. The highest BCUT2D eigenvalue weighted by atomic mass is 16.5. The van der Waals surface area contributed by atoms with Gasteiger partial charge in [0.25, 0.3) is 0 Å². The number of rotatable bonds is 4. The second-order valence-corrected chi connectivity index (χ2v) is 4.56. The maximum absolute atomic E-state index is 5.81. The summed E-state index contributed by atoms with van der Waals surface area (Å²) in [6.45, 7) is 7.06. The van der Waals surface area contributed by atoms with E-state index in [2.05, 4.69) is 25.8 Å². The van der Waals surface area contributed by atoms with E-state index < -0.39 is 0 Å². The Balaban J connectivity index is 2.47. The highest BCUT2D eigenvalue weighted by Crippen LogP contribution is 2.18. The Kier molecular flexibility index (Phi) is 4.85. The fourth-order valence-corrected chi connectivity index (χ4v) is 2.27. The van der Waals surface area contributed by atoms with Crippen LogP contribution in [0.4, 0.5) is 0 Å². The summed E-state index contributed by atoms with van der Waals surface area (Å²) in [5, 5.41) is 0. The van der Waals surface area contributed by atoms with Crippen molar-refractivity contribution in [2.75, 3.05) is 26.8 Å². The predicted octanol–water partition coefficient (Wildman–Crippen LogP) is 1.08. The van der Waals surface area contributed by atoms with E-state index in [1.165, 1.54) is 0 Å². The first-order valence-electron chi connectivity index (χ1n) is 5.66. The SMILES string of the molecule is CC(C)C(CN)N(C)C1CCOCC1. The van der Waals surface area contributed by atoms with Gasteiger partial charge in [0, 0.05) is 31.8 Å². The summed E-state index contributed by atoms with van der Waals surface area (Å²) in [5.41, 5.74) is 5.81. The lowest BCUT2D eigenvalue weighted by Crippen LogP contribution is -2.48. The largest absolute Gasteiger partial charge is 0.381 e. The summed E-state index contributed by atoms with van der Waals surface area (Å²) < 4.78 is 5.37. The van der Waals surface area contributed by atoms with E-state index in [1.807, 2.05) is 0 Å². The Morgan fingerprint density at radius 2 is 1.93 bits per heavy atom. The quantitative estimate of drug-likeness (QED) is 0.738. The van der Waals surface area contributed by atoms with Crippen LogP contribution in [0.2, 0.25) is 0 Å². The molecule has 0 saturated carbocycles. The Labute approximate surface area is 87.6 Å². The smallest absolute Gasteiger partial charge is 0.0480 e. The summed E-state index contributed by atoms with van der Waals surface area (Å²) in [5.74, 6) is 0.632. The fraction of sp³-hybridized carbons (Fsp3) is 1.00. The van der Waals surface area contributed by atoms with Crippen molar-refractivity contribution in [3.8, 4) is 0 Å². The number of nitrogens with zero attached hydrogens (tertiary/aromatic N) is 1. The molecule has 0 spiro atoms. The minimum absolute atomic E-state index is 0.512. The van der Waals surface area contributed by atoms with E-state index in [0.29, 0.717) is 18.0 Å². The van der Waals surface area contributed by atoms with E-state index in [-0.39, 0.29) is 0 Å². The molecule has 0 bridgehead atoms. The van der Waals surface area contributed by atoms with Crippen LogP contribution in [0, 0.1) is 5.92 Å². The maximum Gasteiger partial charge on any atom is 0.0480 e. The van der Waals surface area contributed by atoms with Gasteiger partial charge in [-0.25, -0.2) is 0 Å². The van der Waals surface area contributed by atoms with Gasteiger partial charge in [0.1, 0.15) is 0 Å². The van der Waals surface area contributed by atoms with E-state index in [0.717, 1.165) is 32.6 Å². The van der Waals surface area contributed by atoms with Crippen molar-refractivity contribution in [1.82, 2.24) is 4.90 Å². The first kappa shape index (κ1) is 12.0. The Hall–Kier alpha value is -0.120. The standard InChI is InChI=1S/C11H24N2O/c1-9(2)11(8-12)13(3)10-4-6-14-7-5-10/h9-11H,4-8,12H2,1-3H3. The topological polar surface area (TPSA) is 38.5 Å². The molecule has 84 valence electrons. The van der Waals surface area contributed by atoms with Crippen LogP contribution in [0.5, 0.6) is 0 Å². The van der Waals surface area contributed by atoms with Gasteiger partial charge in [-0.1, -0.05) is 13.8 Å². The van der Waals surface area contributed by atoms with Crippen LogP contribution in [0.3, 0.4) is 0 Å². The molecule has 0 radical (unpaired) electrons. The molecule has 0 aromatic heterocycles. The van der Waals surface area contributed by atoms with Crippen molar-refractivity contribution in [2.45, 2.75) is 38.8 Å². The fourth-order valence-electron chi connectivity index (χ4n) is 2.27. The highest BCUT2D eigenvalue weighted by molar-refractivity contribution is 4.80. The molecule has 2 N–H and O–H groups in total. The van der Waals surface area contributed by atoms with Crippen LogP contribution < -0.4 is 5.73 Å². The van der Waals surface area contributed by atoms with Crippen LogP contribution in [0.15, 0.2) is 0 Å². The van der Waals surface area contributed by atoms with Gasteiger partial charge < -0.3 is 10.5 Å². The van der Waals surface area contributed by atoms with Gasteiger partial charge in [-0.3, -0.25) is 4.90 Å². The molecule has 1 fully saturated rings. The Morgan fingerprint density at radius 3 is 2.36 bits per heavy atom. The van der Waals surface area contributed by atoms with Gasteiger partial charge in [0.2, 0.25) is 0 Å². The first-order valence-corrected chi connectivity index (χ1v) is 5.66. The van der Waals surface area contributed by atoms with E-state index >= 15 is 0 Å². The van der Waals surface area contributed by atoms with Crippen LogP contribution in [-0.2, 0) is 4.74 Å². The summed E-state index contributed by atoms with van der Waals surface area (Å²) in [4.78, 5) is 2.45. The molecule has 3 heteroatoms. The van der Waals surface area contributed by atoms with E-state index in [4.69, 9.17) is 10.5 Å². The second kappa shape index (κ2) is 5.69. The number of hydrogen-bond donors (Lipinski definition) is 1. The molecule has 1 atom stereocenters. The zero-order valence-electron chi connectivity index (χ0n) is 9.70. The van der Waals surface area contributed by atoms with Gasteiger partial charge >= 0.3 is 0 Å². The zero-order valence-corrected chi connectivity index (χ0v) is 9.70. The Morgan fingerprint density at radius 1 is 1.36 bits per heavy atom. The monoisotopic (exact) mass is 200 g/mol. The lowest BCUT2D eigenvalue weighted by molar-refractivity contribution is 0.0220. The number of nitrogens with two attached hydrogens (primary N) is 1. The normalized spacial score (nSPS) is 21.9. The summed E-state index contributed by atoms with van der Waals surface area (Å²) in [7, 11) is 2.20. The molecule has 3 nitrogen and oxygen atoms in total. The average molecular weight is 200 g/mol. The predicted molar refractivity (Wildman–Crippen MR) is 59.3 cm³/mol. The zero-order chi connectivity index (χ0) is 10.6. The maximum atomic E-state index is 5.81. The van der Waals surface area contributed by atoms with Crippen LogP contribution in [-0.4, -0.2) is 43.8 Å². The van der Waals surface area contributed by atoms with Gasteiger partial charge in [-0.2, -0.15) is 0 Å². The van der Waals surface area contributed by atoms with Crippen LogP contribution in [0.25, 0.3) is 0 Å². The van der Waals surface area contributed by atoms with E-state index in [1.54, 1.807) is 0 Å². The molecule has 0 aromatic carbocycles. The molecule has 1 heterocycles. The molecule has 0 amide bonds. The molecule has 0 aromatic rings. The summed E-state index contributed by atoms with van der Waals surface area (Å²) >= 11 is 0. The molecule has 14 heavy (non-hydrogen) atoms. The van der Waals surface area contributed by atoms with Crippen molar-refractivity contribution in [3.05, 3.63) is 0 Å². The average Bonchev–Trinajstić information content (AvgIpc) is 2.19. The van der Waals surface area contributed by atoms with Crippen molar-refractivity contribution in [1.29, 1.82) is 0 Å². The molecular formula is C11H24N2O. The molecule has 1 saturated heterocycles. The molecule has 1 rings (SSSR count). The number of hydrogen-bond acceptors (Lipinski definition) is 3. The third-order valence-electron chi connectivity index (χ3n) is 3.30. The van der Waals surface area contributed by atoms with Crippen molar-refractivity contribution >= 4 is 0 Å². The summed E-state index contributed by atoms with van der Waals surface area (Å²) in [6, 6.07) is 1.18. The van der Waals surface area contributed by atoms with Gasteiger partial charge in [-0.05, 0) is 25.8 Å². The number of ether oxygens (including phenoxy) is 1. The molecular weight excluding hydrogens is 176 g/mol. The van der Waals surface area contributed by atoms with Crippen LogP contribution in [0.1, 0.15) is 26.7 Å². The van der Waals surface area contributed by atoms with Crippen molar-refractivity contribution in [3.63, 3.8) is 0 Å². The van der Waals surface area contributed by atoms with Crippen LogP contribution >= 0.6 is 0 Å². The highest BCUT2D eigenvalue weighted by Gasteiger charge is 2.25.